The summed E-state index contributed by atoms with van der Waals surface area (Å²) in [5, 5.41) is 18.0. The first-order valence-electron chi connectivity index (χ1n) is 6.83. The summed E-state index contributed by atoms with van der Waals surface area (Å²) in [5.41, 5.74) is 0. The van der Waals surface area contributed by atoms with Crippen molar-refractivity contribution in [1.82, 2.24) is 0 Å². The van der Waals surface area contributed by atoms with Crippen molar-refractivity contribution in [2.75, 3.05) is 46.2 Å². The molecule has 0 aromatic rings. The second-order valence-electron chi connectivity index (χ2n) is 4.17. The Bertz CT molecular complexity index is 154. The molecular formula is C13H28O5. The van der Waals surface area contributed by atoms with E-state index in [0.717, 1.165) is 19.3 Å². The molecule has 0 saturated carbocycles. The predicted molar refractivity (Wildman–Crippen MR) is 69.7 cm³/mol. The average Bonchev–Trinajstić information content (AvgIpc) is 2.37. The zero-order valence-electron chi connectivity index (χ0n) is 11.5. The SMILES string of the molecule is CCCCCC(O)COCCOCCOCCO. The van der Waals surface area contributed by atoms with Gasteiger partial charge in [-0.3, -0.25) is 0 Å². The highest BCUT2D eigenvalue weighted by Crippen LogP contribution is 2.03. The molecule has 0 radical (unpaired) electrons. The van der Waals surface area contributed by atoms with E-state index in [-0.39, 0.29) is 12.7 Å². The van der Waals surface area contributed by atoms with Crippen LogP contribution < -0.4 is 0 Å². The van der Waals surface area contributed by atoms with Crippen LogP contribution in [0.1, 0.15) is 32.6 Å². The molecule has 0 rings (SSSR count). The maximum atomic E-state index is 9.57. The van der Waals surface area contributed by atoms with Gasteiger partial charge in [0.25, 0.3) is 0 Å². The topological polar surface area (TPSA) is 68.2 Å². The van der Waals surface area contributed by atoms with Crippen molar-refractivity contribution in [3.05, 3.63) is 0 Å². The molecule has 2 N–H and O–H groups in total. The van der Waals surface area contributed by atoms with Crippen LogP contribution in [0.15, 0.2) is 0 Å². The van der Waals surface area contributed by atoms with Gasteiger partial charge < -0.3 is 24.4 Å². The van der Waals surface area contributed by atoms with Gasteiger partial charge in [-0.25, -0.2) is 0 Å². The van der Waals surface area contributed by atoms with Gasteiger partial charge in [0.05, 0.1) is 52.4 Å². The maximum absolute atomic E-state index is 9.57. The van der Waals surface area contributed by atoms with Crippen molar-refractivity contribution in [2.24, 2.45) is 0 Å². The summed E-state index contributed by atoms with van der Waals surface area (Å²) in [6, 6.07) is 0. The lowest BCUT2D eigenvalue weighted by molar-refractivity contribution is -0.0143. The molecule has 0 aliphatic carbocycles. The zero-order valence-corrected chi connectivity index (χ0v) is 11.5. The predicted octanol–water partition coefficient (Wildman–Crippen LogP) is 0.970. The fourth-order valence-electron chi connectivity index (χ4n) is 1.44. The molecule has 1 unspecified atom stereocenters. The first-order chi connectivity index (χ1) is 8.81. The van der Waals surface area contributed by atoms with Crippen molar-refractivity contribution < 1.29 is 24.4 Å². The molecule has 110 valence electrons. The Kier molecular flexibility index (Phi) is 14.7. The molecule has 0 bridgehead atoms. The third kappa shape index (κ3) is 13.9. The standard InChI is InChI=1S/C13H28O5/c1-2-3-4-5-13(15)12-18-11-10-17-9-8-16-7-6-14/h13-15H,2-12H2,1H3. The zero-order chi connectivity index (χ0) is 13.5. The summed E-state index contributed by atoms with van der Waals surface area (Å²) in [6.45, 7) is 4.90. The number of hydrogen-bond donors (Lipinski definition) is 2. The summed E-state index contributed by atoms with van der Waals surface area (Å²) in [6.07, 6.45) is 3.83. The molecule has 0 heterocycles. The molecule has 1 atom stereocenters. The third-order valence-electron chi connectivity index (χ3n) is 2.43. The van der Waals surface area contributed by atoms with E-state index in [1.54, 1.807) is 0 Å². The lowest BCUT2D eigenvalue weighted by Crippen LogP contribution is -2.18. The first kappa shape index (κ1) is 17.8. The van der Waals surface area contributed by atoms with Crippen LogP contribution in [-0.2, 0) is 14.2 Å². The van der Waals surface area contributed by atoms with Crippen LogP contribution in [0.2, 0.25) is 0 Å². The van der Waals surface area contributed by atoms with E-state index in [9.17, 15) is 5.11 Å². The molecule has 0 saturated heterocycles. The van der Waals surface area contributed by atoms with Crippen molar-refractivity contribution in [2.45, 2.75) is 38.7 Å². The Morgan fingerprint density at radius 2 is 1.50 bits per heavy atom. The van der Waals surface area contributed by atoms with E-state index >= 15 is 0 Å². The lowest BCUT2D eigenvalue weighted by atomic mass is 10.1. The minimum atomic E-state index is -0.357. The van der Waals surface area contributed by atoms with Gasteiger partial charge in [-0.15, -0.1) is 0 Å². The summed E-state index contributed by atoms with van der Waals surface area (Å²) in [4.78, 5) is 0. The number of hydrogen-bond acceptors (Lipinski definition) is 5. The average molecular weight is 264 g/mol. The smallest absolute Gasteiger partial charge is 0.0773 e. The van der Waals surface area contributed by atoms with Crippen LogP contribution in [0.5, 0.6) is 0 Å². The van der Waals surface area contributed by atoms with E-state index < -0.39 is 0 Å². The second kappa shape index (κ2) is 14.9. The molecule has 0 aliphatic rings. The van der Waals surface area contributed by atoms with E-state index in [2.05, 4.69) is 6.92 Å². The van der Waals surface area contributed by atoms with Crippen LogP contribution in [0.4, 0.5) is 0 Å². The van der Waals surface area contributed by atoms with E-state index in [4.69, 9.17) is 19.3 Å². The largest absolute Gasteiger partial charge is 0.394 e. The lowest BCUT2D eigenvalue weighted by Gasteiger charge is -2.11. The van der Waals surface area contributed by atoms with Gasteiger partial charge in [-0.1, -0.05) is 26.2 Å². The van der Waals surface area contributed by atoms with Crippen LogP contribution in [0.3, 0.4) is 0 Å². The summed E-state index contributed by atoms with van der Waals surface area (Å²) in [7, 11) is 0. The van der Waals surface area contributed by atoms with Crippen LogP contribution in [0, 0.1) is 0 Å². The molecule has 0 fully saturated rings. The Morgan fingerprint density at radius 1 is 0.889 bits per heavy atom. The Labute approximate surface area is 110 Å². The highest BCUT2D eigenvalue weighted by atomic mass is 16.5. The highest BCUT2D eigenvalue weighted by molar-refractivity contribution is 4.53. The highest BCUT2D eigenvalue weighted by Gasteiger charge is 2.03. The normalized spacial score (nSPS) is 12.8. The number of unbranched alkanes of at least 4 members (excludes halogenated alkanes) is 2. The van der Waals surface area contributed by atoms with Crippen LogP contribution in [-0.4, -0.2) is 62.6 Å². The van der Waals surface area contributed by atoms with Gasteiger partial charge in [0.1, 0.15) is 0 Å². The number of ether oxygens (including phenoxy) is 3. The fourth-order valence-corrected chi connectivity index (χ4v) is 1.44. The molecule has 5 nitrogen and oxygen atoms in total. The molecule has 0 aliphatic heterocycles. The maximum Gasteiger partial charge on any atom is 0.0773 e. The molecular weight excluding hydrogens is 236 g/mol. The monoisotopic (exact) mass is 264 g/mol. The van der Waals surface area contributed by atoms with Crippen molar-refractivity contribution in [3.63, 3.8) is 0 Å². The van der Waals surface area contributed by atoms with Crippen LogP contribution in [0.25, 0.3) is 0 Å². The quantitative estimate of drug-likeness (QED) is 0.458. The summed E-state index contributed by atoms with van der Waals surface area (Å²) >= 11 is 0. The van der Waals surface area contributed by atoms with E-state index in [0.29, 0.717) is 39.6 Å². The molecule has 0 spiro atoms. The Hall–Kier alpha value is -0.200. The van der Waals surface area contributed by atoms with E-state index in [1.807, 2.05) is 0 Å². The second-order valence-corrected chi connectivity index (χ2v) is 4.17. The van der Waals surface area contributed by atoms with Crippen molar-refractivity contribution in [3.8, 4) is 0 Å². The summed E-state index contributed by atoms with van der Waals surface area (Å²) in [5.74, 6) is 0. The molecule has 5 heteroatoms. The summed E-state index contributed by atoms with van der Waals surface area (Å²) < 4.78 is 15.6. The molecule has 18 heavy (non-hydrogen) atoms. The fraction of sp³-hybridized carbons (Fsp3) is 1.00. The van der Waals surface area contributed by atoms with Gasteiger partial charge in [0.15, 0.2) is 0 Å². The van der Waals surface area contributed by atoms with E-state index in [1.165, 1.54) is 6.42 Å². The Balaban J connectivity index is 3.05. The molecule has 0 amide bonds. The number of aliphatic hydroxyl groups excluding tert-OH is 2. The minimum Gasteiger partial charge on any atom is -0.394 e. The minimum absolute atomic E-state index is 0.0407. The van der Waals surface area contributed by atoms with Gasteiger partial charge in [0.2, 0.25) is 0 Å². The number of aliphatic hydroxyl groups is 2. The van der Waals surface area contributed by atoms with Crippen LogP contribution >= 0.6 is 0 Å². The van der Waals surface area contributed by atoms with Gasteiger partial charge in [0, 0.05) is 0 Å². The first-order valence-corrected chi connectivity index (χ1v) is 6.83. The van der Waals surface area contributed by atoms with Crippen molar-refractivity contribution >= 4 is 0 Å². The van der Waals surface area contributed by atoms with Gasteiger partial charge in [-0.2, -0.15) is 0 Å². The Morgan fingerprint density at radius 3 is 2.11 bits per heavy atom. The van der Waals surface area contributed by atoms with Crippen molar-refractivity contribution in [1.29, 1.82) is 0 Å². The molecule has 0 aromatic carbocycles. The molecule has 0 aromatic heterocycles. The van der Waals surface area contributed by atoms with Gasteiger partial charge in [-0.05, 0) is 6.42 Å². The van der Waals surface area contributed by atoms with Gasteiger partial charge >= 0.3 is 0 Å². The number of rotatable bonds is 14. The third-order valence-corrected chi connectivity index (χ3v) is 2.43.